The number of rotatable bonds is 19. The molecular formula is C54H65N3O9S2. The number of fused-ring (bicyclic) bond motifs is 2. The van der Waals surface area contributed by atoms with Crippen molar-refractivity contribution in [2.75, 3.05) is 39.8 Å². The second kappa shape index (κ2) is 23.4. The Labute approximate surface area is 406 Å². The fraction of sp³-hybridized carbons (Fsp3) is 0.389. The maximum absolute atomic E-state index is 15.1. The number of β-amino-alcohol motifs (C(OH)–C–C–N with tert-alkyl or cyclic N) is 1. The Bertz CT molecular complexity index is 2660. The van der Waals surface area contributed by atoms with E-state index in [1.807, 2.05) is 49.8 Å². The highest BCUT2D eigenvalue weighted by molar-refractivity contribution is 8.76. The van der Waals surface area contributed by atoms with E-state index in [2.05, 4.69) is 40.7 Å². The number of benzene rings is 5. The number of hydrogen-bond acceptors (Lipinski definition) is 13. The molecule has 0 bridgehead atoms. The normalized spacial score (nSPS) is 16.9. The molecule has 12 nitrogen and oxygen atoms in total. The molecule has 1 aromatic heterocycles. The highest BCUT2D eigenvalue weighted by Crippen LogP contribution is 2.43. The fourth-order valence-corrected chi connectivity index (χ4v) is 12.2. The molecule has 1 aliphatic rings. The zero-order chi connectivity index (χ0) is 48.4. The Hall–Kier alpha value is -5.19. The quantitative estimate of drug-likeness (QED) is 0.0355. The smallest absolute Gasteiger partial charge is 0.167 e. The number of phenols is 3. The van der Waals surface area contributed by atoms with Gasteiger partial charge in [-0.25, -0.2) is 0 Å². The maximum Gasteiger partial charge on any atom is 0.167 e. The van der Waals surface area contributed by atoms with Crippen LogP contribution in [0, 0.1) is 5.92 Å². The highest BCUT2D eigenvalue weighted by Gasteiger charge is 2.32. The summed E-state index contributed by atoms with van der Waals surface area (Å²) in [5.41, 5.74) is 7.77. The number of ketones is 1. The average Bonchev–Trinajstić information content (AvgIpc) is 3.82. The van der Waals surface area contributed by atoms with Gasteiger partial charge in [0.1, 0.15) is 18.3 Å². The first-order valence-electron chi connectivity index (χ1n) is 23.3. The number of aliphatic hydroxyl groups is 3. The van der Waals surface area contributed by atoms with Gasteiger partial charge in [-0.2, -0.15) is 0 Å². The van der Waals surface area contributed by atoms with Gasteiger partial charge in [0.05, 0.1) is 18.8 Å². The summed E-state index contributed by atoms with van der Waals surface area (Å²) in [6.45, 7) is 4.68. The van der Waals surface area contributed by atoms with Gasteiger partial charge in [0.2, 0.25) is 0 Å². The van der Waals surface area contributed by atoms with Crippen molar-refractivity contribution in [1.82, 2.24) is 15.6 Å². The van der Waals surface area contributed by atoms with Crippen LogP contribution in [0.3, 0.4) is 0 Å². The molecule has 0 spiro atoms. The number of aryl methyl sites for hydroxylation is 1. The first-order valence-corrected chi connectivity index (χ1v) is 25.8. The lowest BCUT2D eigenvalue weighted by atomic mass is 9.80. The van der Waals surface area contributed by atoms with Gasteiger partial charge in [-0.3, -0.25) is 10.1 Å². The van der Waals surface area contributed by atoms with Crippen LogP contribution in [0.4, 0.5) is 0 Å². The fourth-order valence-electron chi connectivity index (χ4n) is 9.59. The van der Waals surface area contributed by atoms with Crippen LogP contribution in [0.15, 0.2) is 91.3 Å². The van der Waals surface area contributed by atoms with Gasteiger partial charge in [0.15, 0.2) is 23.0 Å². The number of carbonyl (C=O) groups excluding carboxylic acids is 1. The minimum absolute atomic E-state index is 0.000339. The Morgan fingerprint density at radius 3 is 2.46 bits per heavy atom. The number of nitrogens with one attached hydrogen (secondary N) is 3. The van der Waals surface area contributed by atoms with Gasteiger partial charge in [-0.1, -0.05) is 77.0 Å². The van der Waals surface area contributed by atoms with E-state index >= 15 is 4.79 Å². The molecule has 0 aliphatic carbocycles. The van der Waals surface area contributed by atoms with Gasteiger partial charge in [-0.05, 0) is 138 Å². The van der Waals surface area contributed by atoms with Crippen LogP contribution in [-0.2, 0) is 55.6 Å². The lowest BCUT2D eigenvalue weighted by Crippen LogP contribution is -2.41. The Morgan fingerprint density at radius 1 is 0.912 bits per heavy atom. The molecule has 1 aliphatic heterocycles. The predicted molar refractivity (Wildman–Crippen MR) is 272 cm³/mol. The summed E-state index contributed by atoms with van der Waals surface area (Å²) in [7, 11) is 6.40. The first kappa shape index (κ1) is 50.7. The van der Waals surface area contributed by atoms with Crippen molar-refractivity contribution in [3.05, 3.63) is 147 Å². The number of ether oxygens (including phenoxy) is 2. The van der Waals surface area contributed by atoms with Crippen LogP contribution < -0.4 is 20.1 Å². The van der Waals surface area contributed by atoms with Crippen molar-refractivity contribution in [2.45, 2.75) is 88.7 Å². The van der Waals surface area contributed by atoms with Crippen molar-refractivity contribution < 1.29 is 44.9 Å². The van der Waals surface area contributed by atoms with E-state index in [0.29, 0.717) is 67.3 Å². The summed E-state index contributed by atoms with van der Waals surface area (Å²) in [6, 6.07) is 24.4. The van der Waals surface area contributed by atoms with E-state index in [1.165, 1.54) is 21.6 Å². The third-order valence-electron chi connectivity index (χ3n) is 13.0. The lowest BCUT2D eigenvalue weighted by molar-refractivity contribution is -0.123. The summed E-state index contributed by atoms with van der Waals surface area (Å²) in [6.07, 6.45) is 5.08. The zero-order valence-corrected chi connectivity index (χ0v) is 40.9. The molecule has 4 atom stereocenters. The largest absolute Gasteiger partial charge is 0.508 e. The van der Waals surface area contributed by atoms with Gasteiger partial charge in [-0.15, -0.1) is 0 Å². The molecule has 2 heterocycles. The van der Waals surface area contributed by atoms with Gasteiger partial charge < -0.3 is 50.4 Å². The molecule has 0 amide bonds. The van der Waals surface area contributed by atoms with E-state index in [4.69, 9.17) is 9.47 Å². The van der Waals surface area contributed by atoms with Crippen molar-refractivity contribution in [3.8, 4) is 28.7 Å². The minimum Gasteiger partial charge on any atom is -0.508 e. The predicted octanol–water partition coefficient (Wildman–Crippen LogP) is 8.02. The summed E-state index contributed by atoms with van der Waals surface area (Å²) in [5, 5.41) is 75.2. The summed E-state index contributed by atoms with van der Waals surface area (Å²) < 4.78 is 12.1. The minimum atomic E-state index is -1.12. The molecule has 5 aromatic carbocycles. The van der Waals surface area contributed by atoms with E-state index in [0.717, 1.165) is 67.3 Å². The Morgan fingerprint density at radius 2 is 1.71 bits per heavy atom. The Balaban J connectivity index is 1.26. The molecule has 0 saturated carbocycles. The SMILES string of the molecule is CCc1ccc2cccc(CCO)c2c1Cc1c(C[C@H](Cc2cc[nH]c2)[C@H](O)CC(=O)[C@H](Cc2ccc(O)c3c2CSSC[C@](C)(O)CNCO3)c2cc(O)cc(CNC)c2)ccc(O)c1OC. The van der Waals surface area contributed by atoms with E-state index in [9.17, 15) is 30.6 Å². The van der Waals surface area contributed by atoms with E-state index in [1.54, 1.807) is 44.4 Å². The van der Waals surface area contributed by atoms with Crippen molar-refractivity contribution in [1.29, 1.82) is 0 Å². The van der Waals surface area contributed by atoms with Crippen LogP contribution in [0.25, 0.3) is 10.8 Å². The lowest BCUT2D eigenvalue weighted by Gasteiger charge is -2.27. The standard InChI is InChI=1S/C54H65N3O9S2/c1-5-35-9-10-36-7-6-8-37(16-18-58)51(36)44(35)25-45-38(11-13-47(60)52(45)65-4)22-41(19-33-15-17-56-28-33)49(62)26-50(63)43(40-20-34(27-55-3)21-42(59)23-40)24-39-12-14-48(61)53-46(39)29-67-68-31-54(2,64)30-57-32-66-53/h6-15,17,20-21,23,28,41,43,49,55-62,64H,5,16,18-19,22,24-27,29-32H2,1-4H3/t41-,43+,49+,54+/m0/s1. The highest BCUT2D eigenvalue weighted by atomic mass is 33.1. The van der Waals surface area contributed by atoms with Crippen LogP contribution in [0.1, 0.15) is 81.8 Å². The number of methoxy groups -OCH3 is 1. The van der Waals surface area contributed by atoms with Gasteiger partial charge >= 0.3 is 0 Å². The number of aromatic hydroxyl groups is 3. The maximum atomic E-state index is 15.1. The number of aromatic nitrogens is 1. The van der Waals surface area contributed by atoms with Crippen LogP contribution >= 0.6 is 21.6 Å². The number of phenolic OH excluding ortho intramolecular Hbond substituents is 3. The number of H-pyrrole nitrogens is 1. The second-order valence-corrected chi connectivity index (χ2v) is 20.6. The molecule has 0 radical (unpaired) electrons. The van der Waals surface area contributed by atoms with E-state index in [-0.39, 0.29) is 49.2 Å². The average molecular weight is 964 g/mol. The molecule has 6 aromatic rings. The molecule has 362 valence electrons. The van der Waals surface area contributed by atoms with Crippen molar-refractivity contribution in [3.63, 3.8) is 0 Å². The van der Waals surface area contributed by atoms with Crippen molar-refractivity contribution >= 4 is 38.1 Å². The number of carbonyl (C=O) groups is 1. The third-order valence-corrected chi connectivity index (χ3v) is 15.5. The molecule has 7 rings (SSSR count). The molecule has 0 saturated heterocycles. The monoisotopic (exact) mass is 963 g/mol. The molecule has 0 unspecified atom stereocenters. The number of hydrogen-bond donors (Lipinski definition) is 9. The van der Waals surface area contributed by atoms with Gasteiger partial charge in [0.25, 0.3) is 0 Å². The summed E-state index contributed by atoms with van der Waals surface area (Å²) in [5.74, 6) is 0.0173. The molecule has 0 fully saturated rings. The van der Waals surface area contributed by atoms with E-state index < -0.39 is 23.5 Å². The number of Topliss-reactive ketones (excluding diaryl/α,β-unsaturated/α-hetero) is 1. The van der Waals surface area contributed by atoms with Crippen molar-refractivity contribution in [2.24, 2.45) is 5.92 Å². The third kappa shape index (κ3) is 12.3. The molecular weight excluding hydrogens is 899 g/mol. The summed E-state index contributed by atoms with van der Waals surface area (Å²) >= 11 is 0. The molecule has 9 N–H and O–H groups in total. The number of aliphatic hydroxyl groups excluding tert-OH is 2. The van der Waals surface area contributed by atoms with Crippen LogP contribution in [-0.4, -0.2) is 92.9 Å². The van der Waals surface area contributed by atoms with Crippen LogP contribution in [0.2, 0.25) is 0 Å². The number of aromatic amines is 1. The Kier molecular flexibility index (Phi) is 17.4. The first-order chi connectivity index (χ1) is 32.8. The molecule has 68 heavy (non-hydrogen) atoms. The van der Waals surface area contributed by atoms with Crippen LogP contribution in [0.5, 0.6) is 28.7 Å². The zero-order valence-electron chi connectivity index (χ0n) is 39.3. The second-order valence-electron chi connectivity index (χ2n) is 18.1. The summed E-state index contributed by atoms with van der Waals surface area (Å²) in [4.78, 5) is 18.3. The molecule has 14 heteroatoms. The topological polar surface area (TPSA) is 197 Å². The van der Waals surface area contributed by atoms with Gasteiger partial charge in [0, 0.05) is 73.5 Å².